The number of benzene rings is 1. The van der Waals surface area contributed by atoms with Crippen LogP contribution in [0, 0.1) is 0 Å². The van der Waals surface area contributed by atoms with Crippen molar-refractivity contribution in [3.8, 4) is 0 Å². The molecule has 96 valence electrons. The highest BCUT2D eigenvalue weighted by atomic mass is 32.1. The molecule has 0 bridgehead atoms. The SMILES string of the molecule is CCc1ccc(CNCCCc2ccccc2)s1. The van der Waals surface area contributed by atoms with Gasteiger partial charge >= 0.3 is 0 Å². The zero-order valence-electron chi connectivity index (χ0n) is 11.0. The van der Waals surface area contributed by atoms with Gasteiger partial charge in [-0.15, -0.1) is 11.3 Å². The fraction of sp³-hybridized carbons (Fsp3) is 0.375. The highest BCUT2D eigenvalue weighted by Gasteiger charge is 1.98. The van der Waals surface area contributed by atoms with Gasteiger partial charge in [-0.25, -0.2) is 0 Å². The van der Waals surface area contributed by atoms with Crippen LogP contribution >= 0.6 is 11.3 Å². The van der Waals surface area contributed by atoms with Gasteiger partial charge < -0.3 is 5.32 Å². The highest BCUT2D eigenvalue weighted by Crippen LogP contribution is 2.16. The molecule has 0 atom stereocenters. The van der Waals surface area contributed by atoms with Crippen molar-refractivity contribution in [3.05, 3.63) is 57.8 Å². The van der Waals surface area contributed by atoms with Crippen LogP contribution in [0.25, 0.3) is 0 Å². The molecule has 0 spiro atoms. The molecule has 1 nitrogen and oxygen atoms in total. The maximum atomic E-state index is 3.52. The number of hydrogen-bond acceptors (Lipinski definition) is 2. The van der Waals surface area contributed by atoms with Crippen LogP contribution in [0.2, 0.25) is 0 Å². The second kappa shape index (κ2) is 7.34. The lowest BCUT2D eigenvalue weighted by molar-refractivity contribution is 0.654. The summed E-state index contributed by atoms with van der Waals surface area (Å²) < 4.78 is 0. The number of hydrogen-bond donors (Lipinski definition) is 1. The van der Waals surface area contributed by atoms with Crippen LogP contribution in [0.5, 0.6) is 0 Å². The van der Waals surface area contributed by atoms with Crippen LogP contribution in [0.1, 0.15) is 28.7 Å². The summed E-state index contributed by atoms with van der Waals surface area (Å²) in [4.78, 5) is 2.93. The van der Waals surface area contributed by atoms with Crippen molar-refractivity contribution >= 4 is 11.3 Å². The molecule has 0 fully saturated rings. The van der Waals surface area contributed by atoms with Gasteiger partial charge in [-0.2, -0.15) is 0 Å². The molecule has 2 aromatic rings. The molecule has 0 saturated heterocycles. The largest absolute Gasteiger partial charge is 0.312 e. The Balaban J connectivity index is 1.61. The summed E-state index contributed by atoms with van der Waals surface area (Å²) in [6, 6.07) is 15.2. The fourth-order valence-corrected chi connectivity index (χ4v) is 2.91. The van der Waals surface area contributed by atoms with Gasteiger partial charge in [-0.1, -0.05) is 37.3 Å². The number of thiophene rings is 1. The van der Waals surface area contributed by atoms with Crippen molar-refractivity contribution in [1.29, 1.82) is 0 Å². The zero-order chi connectivity index (χ0) is 12.6. The Labute approximate surface area is 114 Å². The van der Waals surface area contributed by atoms with Gasteiger partial charge in [0.1, 0.15) is 0 Å². The molecule has 1 aromatic carbocycles. The lowest BCUT2D eigenvalue weighted by atomic mass is 10.1. The first-order chi connectivity index (χ1) is 8.88. The van der Waals surface area contributed by atoms with Crippen LogP contribution in [0.15, 0.2) is 42.5 Å². The fourth-order valence-electron chi connectivity index (χ4n) is 1.98. The minimum atomic E-state index is 1.01. The van der Waals surface area contributed by atoms with Gasteiger partial charge in [0.15, 0.2) is 0 Å². The summed E-state index contributed by atoms with van der Waals surface area (Å²) in [5.74, 6) is 0. The van der Waals surface area contributed by atoms with E-state index in [1.165, 1.54) is 28.2 Å². The molecular weight excluding hydrogens is 238 g/mol. The molecule has 1 aromatic heterocycles. The third-order valence-corrected chi connectivity index (χ3v) is 4.26. The van der Waals surface area contributed by atoms with E-state index in [0.29, 0.717) is 0 Å². The van der Waals surface area contributed by atoms with E-state index < -0.39 is 0 Å². The highest BCUT2D eigenvalue weighted by molar-refractivity contribution is 7.11. The summed E-state index contributed by atoms with van der Waals surface area (Å²) in [5.41, 5.74) is 1.43. The summed E-state index contributed by atoms with van der Waals surface area (Å²) in [5, 5.41) is 3.52. The lowest BCUT2D eigenvalue weighted by Crippen LogP contribution is -2.14. The topological polar surface area (TPSA) is 12.0 Å². The van der Waals surface area contributed by atoms with Gasteiger partial charge in [-0.05, 0) is 43.5 Å². The first kappa shape index (κ1) is 13.3. The standard InChI is InChI=1S/C16H21NS/c1-2-15-10-11-16(18-15)13-17-12-6-9-14-7-4-3-5-8-14/h3-5,7-8,10-11,17H,2,6,9,12-13H2,1H3. The molecule has 2 heteroatoms. The molecule has 0 aliphatic heterocycles. The zero-order valence-corrected chi connectivity index (χ0v) is 11.8. The smallest absolute Gasteiger partial charge is 0.0299 e. The van der Waals surface area contributed by atoms with E-state index in [9.17, 15) is 0 Å². The van der Waals surface area contributed by atoms with Crippen molar-refractivity contribution in [2.24, 2.45) is 0 Å². The summed E-state index contributed by atoms with van der Waals surface area (Å²) in [6.45, 7) is 4.32. The van der Waals surface area contributed by atoms with E-state index in [0.717, 1.165) is 19.5 Å². The van der Waals surface area contributed by atoms with Gasteiger partial charge in [0.05, 0.1) is 0 Å². The summed E-state index contributed by atoms with van der Waals surface area (Å²) >= 11 is 1.92. The Morgan fingerprint density at radius 3 is 2.50 bits per heavy atom. The Hall–Kier alpha value is -1.12. The average Bonchev–Trinajstić information content (AvgIpc) is 2.87. The number of rotatable bonds is 7. The molecule has 1 heterocycles. The maximum absolute atomic E-state index is 3.52. The van der Waals surface area contributed by atoms with Gasteiger partial charge in [0.25, 0.3) is 0 Å². The predicted molar refractivity (Wildman–Crippen MR) is 80.2 cm³/mol. The second-order valence-corrected chi connectivity index (χ2v) is 5.74. The minimum absolute atomic E-state index is 1.01. The van der Waals surface area contributed by atoms with E-state index >= 15 is 0 Å². The van der Waals surface area contributed by atoms with E-state index in [1.807, 2.05) is 11.3 Å². The van der Waals surface area contributed by atoms with Crippen molar-refractivity contribution in [1.82, 2.24) is 5.32 Å². The van der Waals surface area contributed by atoms with Crippen molar-refractivity contribution in [3.63, 3.8) is 0 Å². The Bertz CT molecular complexity index is 447. The molecule has 2 rings (SSSR count). The van der Waals surface area contributed by atoms with Crippen LogP contribution in [-0.4, -0.2) is 6.54 Å². The monoisotopic (exact) mass is 259 g/mol. The van der Waals surface area contributed by atoms with E-state index in [2.05, 4.69) is 54.7 Å². The maximum Gasteiger partial charge on any atom is 0.0299 e. The van der Waals surface area contributed by atoms with E-state index in [1.54, 1.807) is 0 Å². The quantitative estimate of drug-likeness (QED) is 0.740. The van der Waals surface area contributed by atoms with Crippen molar-refractivity contribution in [2.75, 3.05) is 6.54 Å². The van der Waals surface area contributed by atoms with Crippen LogP contribution < -0.4 is 5.32 Å². The Morgan fingerprint density at radius 2 is 1.78 bits per heavy atom. The molecule has 1 N–H and O–H groups in total. The third kappa shape index (κ3) is 4.28. The molecule has 0 aliphatic rings. The van der Waals surface area contributed by atoms with Gasteiger partial charge in [0.2, 0.25) is 0 Å². The molecule has 0 amide bonds. The molecule has 0 aliphatic carbocycles. The first-order valence-corrected chi connectivity index (χ1v) is 7.52. The molecule has 0 unspecified atom stereocenters. The molecular formula is C16H21NS. The Morgan fingerprint density at radius 1 is 1.00 bits per heavy atom. The Kier molecular flexibility index (Phi) is 5.43. The molecule has 0 radical (unpaired) electrons. The first-order valence-electron chi connectivity index (χ1n) is 6.70. The minimum Gasteiger partial charge on any atom is -0.312 e. The third-order valence-electron chi connectivity index (χ3n) is 3.03. The second-order valence-electron chi connectivity index (χ2n) is 4.49. The van der Waals surface area contributed by atoms with Crippen molar-refractivity contribution < 1.29 is 0 Å². The average molecular weight is 259 g/mol. The number of aryl methyl sites for hydroxylation is 2. The molecule has 0 saturated carbocycles. The van der Waals surface area contributed by atoms with Crippen LogP contribution in [-0.2, 0) is 19.4 Å². The summed E-state index contributed by atoms with van der Waals surface area (Å²) in [6.07, 6.45) is 3.52. The molecule has 18 heavy (non-hydrogen) atoms. The van der Waals surface area contributed by atoms with Gasteiger partial charge in [-0.3, -0.25) is 0 Å². The lowest BCUT2D eigenvalue weighted by Gasteiger charge is -2.03. The van der Waals surface area contributed by atoms with E-state index in [4.69, 9.17) is 0 Å². The van der Waals surface area contributed by atoms with E-state index in [-0.39, 0.29) is 0 Å². The normalized spacial score (nSPS) is 10.7. The number of nitrogens with one attached hydrogen (secondary N) is 1. The van der Waals surface area contributed by atoms with Gasteiger partial charge in [0, 0.05) is 16.3 Å². The van der Waals surface area contributed by atoms with Crippen LogP contribution in [0.4, 0.5) is 0 Å². The van der Waals surface area contributed by atoms with Crippen LogP contribution in [0.3, 0.4) is 0 Å². The van der Waals surface area contributed by atoms with Crippen molar-refractivity contribution in [2.45, 2.75) is 32.7 Å². The predicted octanol–water partition coefficient (Wildman–Crippen LogP) is 4.03. The summed E-state index contributed by atoms with van der Waals surface area (Å²) in [7, 11) is 0.